The molecular weight excluding hydrogens is 328 g/mol. The molecule has 1 saturated carbocycles. The summed E-state index contributed by atoms with van der Waals surface area (Å²) in [6.07, 6.45) is 3.26. The SMILES string of the molecule is NS(=O)(=O)c1ccc(CCNC(=O)N2CCN(C3CC3)CC2)cc1. The van der Waals surface area contributed by atoms with Gasteiger partial charge in [-0.15, -0.1) is 0 Å². The molecule has 2 aliphatic rings. The van der Waals surface area contributed by atoms with Crippen LogP contribution in [-0.2, 0) is 16.4 Å². The van der Waals surface area contributed by atoms with E-state index in [1.165, 1.54) is 25.0 Å². The van der Waals surface area contributed by atoms with Crippen molar-refractivity contribution in [2.75, 3.05) is 32.7 Å². The van der Waals surface area contributed by atoms with Crippen LogP contribution in [0.25, 0.3) is 0 Å². The second-order valence-corrected chi connectivity index (χ2v) is 7.99. The highest BCUT2D eigenvalue weighted by Crippen LogP contribution is 2.27. The van der Waals surface area contributed by atoms with Gasteiger partial charge in [0, 0.05) is 38.8 Å². The third kappa shape index (κ3) is 4.46. The maximum absolute atomic E-state index is 12.2. The Hall–Kier alpha value is -1.64. The number of carbonyl (C=O) groups is 1. The van der Waals surface area contributed by atoms with Gasteiger partial charge in [-0.2, -0.15) is 0 Å². The zero-order valence-electron chi connectivity index (χ0n) is 13.6. The number of nitrogens with zero attached hydrogens (tertiary/aromatic N) is 2. The van der Waals surface area contributed by atoms with Gasteiger partial charge in [0.2, 0.25) is 10.0 Å². The lowest BCUT2D eigenvalue weighted by molar-refractivity contribution is 0.135. The summed E-state index contributed by atoms with van der Waals surface area (Å²) in [6, 6.07) is 7.16. The molecule has 132 valence electrons. The first-order valence-electron chi connectivity index (χ1n) is 8.32. The normalized spacial score (nSPS) is 19.3. The van der Waals surface area contributed by atoms with Gasteiger partial charge in [-0.05, 0) is 37.0 Å². The van der Waals surface area contributed by atoms with Crippen molar-refractivity contribution in [3.8, 4) is 0 Å². The van der Waals surface area contributed by atoms with Crippen molar-refractivity contribution in [1.29, 1.82) is 0 Å². The van der Waals surface area contributed by atoms with Gasteiger partial charge in [0.15, 0.2) is 0 Å². The van der Waals surface area contributed by atoms with Crippen LogP contribution in [0.5, 0.6) is 0 Å². The van der Waals surface area contributed by atoms with Crippen molar-refractivity contribution in [2.24, 2.45) is 5.14 Å². The Morgan fingerprint density at radius 2 is 1.75 bits per heavy atom. The Morgan fingerprint density at radius 3 is 2.29 bits per heavy atom. The molecule has 0 spiro atoms. The Balaban J connectivity index is 1.40. The van der Waals surface area contributed by atoms with E-state index in [1.54, 1.807) is 12.1 Å². The van der Waals surface area contributed by atoms with Crippen LogP contribution < -0.4 is 10.5 Å². The second kappa shape index (κ2) is 7.08. The molecular formula is C16H24N4O3S. The lowest BCUT2D eigenvalue weighted by Gasteiger charge is -2.34. The number of nitrogens with one attached hydrogen (secondary N) is 1. The third-order valence-corrected chi connectivity index (χ3v) is 5.54. The molecule has 0 radical (unpaired) electrons. The predicted octanol–water partition coefficient (Wildman–Crippen LogP) is 0.366. The van der Waals surface area contributed by atoms with Crippen LogP contribution in [-0.4, -0.2) is 63.0 Å². The summed E-state index contributed by atoms with van der Waals surface area (Å²) in [7, 11) is -3.65. The van der Waals surface area contributed by atoms with E-state index in [9.17, 15) is 13.2 Å². The largest absolute Gasteiger partial charge is 0.338 e. The first-order chi connectivity index (χ1) is 11.4. The number of amides is 2. The van der Waals surface area contributed by atoms with Crippen molar-refractivity contribution in [3.63, 3.8) is 0 Å². The smallest absolute Gasteiger partial charge is 0.317 e. The molecule has 0 bridgehead atoms. The van der Waals surface area contributed by atoms with Crippen molar-refractivity contribution in [2.45, 2.75) is 30.2 Å². The number of hydrogen-bond acceptors (Lipinski definition) is 4. The van der Waals surface area contributed by atoms with Crippen molar-refractivity contribution in [1.82, 2.24) is 15.1 Å². The average Bonchev–Trinajstić information content (AvgIpc) is 3.39. The Kier molecular flexibility index (Phi) is 5.07. The molecule has 7 nitrogen and oxygen atoms in total. The van der Waals surface area contributed by atoms with Crippen LogP contribution in [0.4, 0.5) is 4.79 Å². The van der Waals surface area contributed by atoms with E-state index < -0.39 is 10.0 Å². The van der Waals surface area contributed by atoms with Crippen molar-refractivity contribution < 1.29 is 13.2 Å². The minimum Gasteiger partial charge on any atom is -0.338 e. The Morgan fingerprint density at radius 1 is 1.12 bits per heavy atom. The topological polar surface area (TPSA) is 95.7 Å². The molecule has 3 N–H and O–H groups in total. The number of urea groups is 1. The van der Waals surface area contributed by atoms with E-state index in [2.05, 4.69) is 10.2 Å². The predicted molar refractivity (Wildman–Crippen MR) is 91.1 cm³/mol. The molecule has 2 amide bonds. The molecule has 3 rings (SSSR count). The van der Waals surface area contributed by atoms with E-state index in [0.29, 0.717) is 13.0 Å². The van der Waals surface area contributed by atoms with Gasteiger partial charge in [-0.25, -0.2) is 18.4 Å². The van der Waals surface area contributed by atoms with Gasteiger partial charge in [0.25, 0.3) is 0 Å². The van der Waals surface area contributed by atoms with Crippen LogP contribution in [0.15, 0.2) is 29.2 Å². The van der Waals surface area contributed by atoms with E-state index in [0.717, 1.165) is 37.8 Å². The molecule has 0 aromatic heterocycles. The average molecular weight is 352 g/mol. The highest BCUT2D eigenvalue weighted by Gasteiger charge is 2.32. The van der Waals surface area contributed by atoms with E-state index in [-0.39, 0.29) is 10.9 Å². The van der Waals surface area contributed by atoms with Gasteiger partial charge in [0.1, 0.15) is 0 Å². The van der Waals surface area contributed by atoms with Crippen LogP contribution >= 0.6 is 0 Å². The second-order valence-electron chi connectivity index (χ2n) is 6.43. The number of benzene rings is 1. The van der Waals surface area contributed by atoms with Gasteiger partial charge < -0.3 is 10.2 Å². The van der Waals surface area contributed by atoms with E-state index in [1.807, 2.05) is 4.90 Å². The molecule has 24 heavy (non-hydrogen) atoms. The fourth-order valence-corrected chi connectivity index (χ4v) is 3.52. The van der Waals surface area contributed by atoms with Crippen LogP contribution in [0, 0.1) is 0 Å². The zero-order valence-corrected chi connectivity index (χ0v) is 14.5. The molecule has 8 heteroatoms. The van der Waals surface area contributed by atoms with Gasteiger partial charge in [-0.3, -0.25) is 4.90 Å². The standard InChI is InChI=1S/C16H24N4O3S/c17-24(22,23)15-5-1-13(2-6-15)7-8-18-16(21)20-11-9-19(10-12-20)14-3-4-14/h1-2,5-6,14H,3-4,7-12H2,(H,18,21)(H2,17,22,23). The summed E-state index contributed by atoms with van der Waals surface area (Å²) < 4.78 is 22.4. The van der Waals surface area contributed by atoms with Crippen molar-refractivity contribution in [3.05, 3.63) is 29.8 Å². The lowest BCUT2D eigenvalue weighted by Crippen LogP contribution is -2.52. The molecule has 1 saturated heterocycles. The molecule has 2 fully saturated rings. The first-order valence-corrected chi connectivity index (χ1v) is 9.87. The Labute approximate surface area is 142 Å². The van der Waals surface area contributed by atoms with Crippen molar-refractivity contribution >= 4 is 16.1 Å². The minimum absolute atomic E-state index is 0.0217. The zero-order chi connectivity index (χ0) is 17.2. The summed E-state index contributed by atoms with van der Waals surface area (Å²) >= 11 is 0. The monoisotopic (exact) mass is 352 g/mol. The fraction of sp³-hybridized carbons (Fsp3) is 0.562. The molecule has 1 aliphatic carbocycles. The van der Waals surface area contributed by atoms with Crippen LogP contribution in [0.2, 0.25) is 0 Å². The molecule has 1 heterocycles. The maximum atomic E-state index is 12.2. The number of piperazine rings is 1. The van der Waals surface area contributed by atoms with Gasteiger partial charge in [-0.1, -0.05) is 12.1 Å². The molecule has 1 aliphatic heterocycles. The molecule has 1 aromatic rings. The van der Waals surface area contributed by atoms with Gasteiger partial charge >= 0.3 is 6.03 Å². The quantitative estimate of drug-likeness (QED) is 0.800. The lowest BCUT2D eigenvalue weighted by atomic mass is 10.1. The molecule has 0 unspecified atom stereocenters. The number of primary sulfonamides is 1. The number of rotatable bonds is 5. The molecule has 0 atom stereocenters. The highest BCUT2D eigenvalue weighted by atomic mass is 32.2. The summed E-state index contributed by atoms with van der Waals surface area (Å²) in [4.78, 5) is 16.6. The Bertz CT molecular complexity index is 678. The first kappa shape index (κ1) is 17.2. The molecule has 1 aromatic carbocycles. The fourth-order valence-electron chi connectivity index (χ4n) is 3.00. The van der Waals surface area contributed by atoms with Crippen LogP contribution in [0.3, 0.4) is 0 Å². The summed E-state index contributed by atoms with van der Waals surface area (Å²) in [5.41, 5.74) is 0.959. The number of nitrogens with two attached hydrogens (primary N) is 1. The third-order valence-electron chi connectivity index (χ3n) is 4.61. The van der Waals surface area contributed by atoms with E-state index in [4.69, 9.17) is 5.14 Å². The number of sulfonamides is 1. The highest BCUT2D eigenvalue weighted by molar-refractivity contribution is 7.89. The summed E-state index contributed by atoms with van der Waals surface area (Å²) in [5.74, 6) is 0. The number of hydrogen-bond donors (Lipinski definition) is 2. The summed E-state index contributed by atoms with van der Waals surface area (Å²) in [6.45, 7) is 4.02. The van der Waals surface area contributed by atoms with Gasteiger partial charge in [0.05, 0.1) is 4.90 Å². The van der Waals surface area contributed by atoms with E-state index >= 15 is 0 Å². The maximum Gasteiger partial charge on any atom is 0.317 e. The number of carbonyl (C=O) groups excluding carboxylic acids is 1. The summed E-state index contributed by atoms with van der Waals surface area (Å²) in [5, 5.41) is 8.00. The van der Waals surface area contributed by atoms with Crippen LogP contribution in [0.1, 0.15) is 18.4 Å². The minimum atomic E-state index is -3.65.